The molecule has 0 aromatic heterocycles. The zero-order valence-electron chi connectivity index (χ0n) is 22.7. The van der Waals surface area contributed by atoms with Crippen LogP contribution in [-0.2, 0) is 15.9 Å². The number of rotatable bonds is 6. The second kappa shape index (κ2) is 10.7. The molecule has 0 radical (unpaired) electrons. The molecule has 13 nitrogen and oxygen atoms in total. The Bertz CT molecular complexity index is 1430. The summed E-state index contributed by atoms with van der Waals surface area (Å²) in [6, 6.07) is 3.76. The topological polar surface area (TPSA) is 213 Å². The summed E-state index contributed by atoms with van der Waals surface area (Å²) in [6.07, 6.45) is -4.46. The van der Waals surface area contributed by atoms with E-state index in [1.807, 2.05) is 0 Å². The van der Waals surface area contributed by atoms with Crippen LogP contribution in [0.5, 0.6) is 17.2 Å². The third-order valence-corrected chi connectivity index (χ3v) is 8.08. The van der Waals surface area contributed by atoms with Crippen molar-refractivity contribution in [2.75, 3.05) is 20.8 Å². The molecule has 1 heterocycles. The number of ether oxygens (including phenoxy) is 3. The molecule has 0 bridgehead atoms. The smallest absolute Gasteiger partial charge is 0.202 e. The van der Waals surface area contributed by atoms with Gasteiger partial charge in [0.15, 0.2) is 12.1 Å². The number of hydrogen-bond acceptors (Lipinski definition) is 13. The van der Waals surface area contributed by atoms with Crippen LogP contribution in [0.25, 0.3) is 0 Å². The summed E-state index contributed by atoms with van der Waals surface area (Å²) in [7, 11) is 2.82. The lowest BCUT2D eigenvalue weighted by atomic mass is 9.71. The number of hydrogen-bond donors (Lipinski definition) is 7. The normalized spacial score (nSPS) is 29.4. The molecular formula is C28H33N3O10. The maximum absolute atomic E-state index is 13.8. The molecule has 0 amide bonds. The van der Waals surface area contributed by atoms with E-state index in [4.69, 9.17) is 19.9 Å². The monoisotopic (exact) mass is 571 g/mol. The van der Waals surface area contributed by atoms with Crippen molar-refractivity contribution in [1.29, 1.82) is 0 Å². The van der Waals surface area contributed by atoms with E-state index in [0.717, 1.165) is 0 Å². The molecule has 0 saturated carbocycles. The fourth-order valence-electron chi connectivity index (χ4n) is 6.03. The second-order valence-electron chi connectivity index (χ2n) is 10.5. The van der Waals surface area contributed by atoms with Crippen molar-refractivity contribution in [3.63, 3.8) is 0 Å². The Kier molecular flexibility index (Phi) is 7.53. The minimum Gasteiger partial charge on any atom is -0.507 e. The Morgan fingerprint density at radius 3 is 2.54 bits per heavy atom. The van der Waals surface area contributed by atoms with Crippen LogP contribution in [0.3, 0.4) is 0 Å². The molecule has 3 aliphatic rings. The summed E-state index contributed by atoms with van der Waals surface area (Å²) in [6.45, 7) is 0.957. The van der Waals surface area contributed by atoms with Crippen LogP contribution in [0.1, 0.15) is 68.8 Å². The lowest BCUT2D eigenvalue weighted by molar-refractivity contribution is -0.245. The average molecular weight is 572 g/mol. The molecule has 1 fully saturated rings. The number of aromatic hydroxyl groups is 2. The highest BCUT2D eigenvalue weighted by Gasteiger charge is 2.49. The minimum atomic E-state index is -1.90. The Hall–Kier alpha value is -3.59. The van der Waals surface area contributed by atoms with Gasteiger partial charge in [-0.3, -0.25) is 9.59 Å². The molecule has 41 heavy (non-hydrogen) atoms. The van der Waals surface area contributed by atoms with Crippen LogP contribution in [0.4, 0.5) is 0 Å². The van der Waals surface area contributed by atoms with Crippen molar-refractivity contribution in [2.24, 2.45) is 10.8 Å². The highest BCUT2D eigenvalue weighted by atomic mass is 16.7. The SMILES string of the molecule is CN/N=C(/CO)[C@]1(O)Cc2c(O)c3c(c(O)c2[C@@H](OC2CC(N)C(O)C(C)O2)C1)C(=O)c1c(OC)cccc1C3=O. The Balaban J connectivity index is 1.70. The number of fused-ring (bicyclic) bond motifs is 3. The van der Waals surface area contributed by atoms with E-state index in [1.54, 1.807) is 6.92 Å². The average Bonchev–Trinajstić information content (AvgIpc) is 2.94. The molecule has 8 N–H and O–H groups in total. The number of carbonyl (C=O) groups is 2. The molecule has 6 atom stereocenters. The van der Waals surface area contributed by atoms with E-state index in [1.165, 1.54) is 32.4 Å². The molecule has 2 aliphatic carbocycles. The summed E-state index contributed by atoms with van der Waals surface area (Å²) in [5.41, 5.74) is 5.62. The van der Waals surface area contributed by atoms with Crippen molar-refractivity contribution >= 4 is 17.3 Å². The van der Waals surface area contributed by atoms with Crippen LogP contribution in [0, 0.1) is 0 Å². The Labute approximate surface area is 235 Å². The van der Waals surface area contributed by atoms with Gasteiger partial charge in [0.05, 0.1) is 54.4 Å². The number of nitrogens with zero attached hydrogens (tertiary/aromatic N) is 1. The van der Waals surface area contributed by atoms with Crippen molar-refractivity contribution in [1.82, 2.24) is 5.43 Å². The number of carbonyl (C=O) groups excluding carboxylic acids is 2. The molecule has 13 heteroatoms. The van der Waals surface area contributed by atoms with Gasteiger partial charge in [-0.05, 0) is 13.0 Å². The molecule has 0 spiro atoms. The fraction of sp³-hybridized carbons (Fsp3) is 0.464. The summed E-state index contributed by atoms with van der Waals surface area (Å²) in [4.78, 5) is 27.4. The number of aliphatic hydroxyl groups excluding tert-OH is 2. The lowest BCUT2D eigenvalue weighted by Crippen LogP contribution is -2.53. The highest BCUT2D eigenvalue weighted by molar-refractivity contribution is 6.31. The number of aliphatic hydroxyl groups is 3. The van der Waals surface area contributed by atoms with Crippen LogP contribution in [0.2, 0.25) is 0 Å². The summed E-state index contributed by atoms with van der Waals surface area (Å²) in [5, 5.41) is 59.1. The van der Waals surface area contributed by atoms with Gasteiger partial charge >= 0.3 is 0 Å². The van der Waals surface area contributed by atoms with Gasteiger partial charge in [-0.15, -0.1) is 0 Å². The van der Waals surface area contributed by atoms with Gasteiger partial charge in [0, 0.05) is 49.0 Å². The third kappa shape index (κ3) is 4.54. The van der Waals surface area contributed by atoms with Crippen molar-refractivity contribution < 1.29 is 49.3 Å². The van der Waals surface area contributed by atoms with E-state index in [-0.39, 0.29) is 53.0 Å². The first-order valence-electron chi connectivity index (χ1n) is 13.2. The van der Waals surface area contributed by atoms with Crippen LogP contribution < -0.4 is 15.9 Å². The first-order valence-corrected chi connectivity index (χ1v) is 13.2. The van der Waals surface area contributed by atoms with Crippen LogP contribution >= 0.6 is 0 Å². The molecular weight excluding hydrogens is 538 g/mol. The highest BCUT2D eigenvalue weighted by Crippen LogP contribution is 2.52. The summed E-state index contributed by atoms with van der Waals surface area (Å²) in [5.74, 6) is -2.54. The largest absolute Gasteiger partial charge is 0.507 e. The number of hydrazone groups is 1. The van der Waals surface area contributed by atoms with Gasteiger partial charge in [-0.2, -0.15) is 5.10 Å². The Morgan fingerprint density at radius 1 is 1.20 bits per heavy atom. The zero-order valence-corrected chi connectivity index (χ0v) is 22.7. The van der Waals surface area contributed by atoms with Gasteiger partial charge in [0.25, 0.3) is 0 Å². The van der Waals surface area contributed by atoms with Gasteiger partial charge in [0.1, 0.15) is 22.8 Å². The van der Waals surface area contributed by atoms with E-state index in [0.29, 0.717) is 0 Å². The standard InChI is InChI=1S/C28H33N3O10/c1-11-23(33)14(29)7-18(40-11)41-16-9-28(38,17(10-32)31-30-2)8-13-20(16)27(37)22-21(25(13)35)24(34)12-5-4-6-15(39-3)19(12)26(22)36/h4-6,11,14,16,18,23,30,32-33,35,37-38H,7-10,29H2,1-3H3/b31-17-/t11?,14?,16-,18?,23?,28-/m0/s1. The molecule has 2 aromatic rings. The van der Waals surface area contributed by atoms with Crippen LogP contribution in [-0.4, -0.2) is 93.7 Å². The molecule has 5 rings (SSSR count). The van der Waals surface area contributed by atoms with Gasteiger partial charge in [-0.1, -0.05) is 12.1 Å². The van der Waals surface area contributed by atoms with Gasteiger partial charge < -0.3 is 50.9 Å². The number of benzene rings is 2. The van der Waals surface area contributed by atoms with Gasteiger partial charge in [-0.25, -0.2) is 0 Å². The fourth-order valence-corrected chi connectivity index (χ4v) is 6.03. The number of nitrogens with one attached hydrogen (secondary N) is 1. The molecule has 4 unspecified atom stereocenters. The Morgan fingerprint density at radius 2 is 1.90 bits per heavy atom. The van der Waals surface area contributed by atoms with E-state index < -0.39 is 77.0 Å². The number of phenols is 2. The predicted octanol–water partition coefficient (Wildman–Crippen LogP) is 0.00760. The maximum Gasteiger partial charge on any atom is 0.202 e. The number of ketones is 2. The maximum atomic E-state index is 13.8. The van der Waals surface area contributed by atoms with Crippen molar-refractivity contribution in [2.45, 2.75) is 62.4 Å². The molecule has 1 saturated heterocycles. The molecule has 2 aromatic carbocycles. The third-order valence-electron chi connectivity index (χ3n) is 8.08. The minimum absolute atomic E-state index is 0.0136. The second-order valence-corrected chi connectivity index (χ2v) is 10.5. The molecule has 1 aliphatic heterocycles. The zero-order chi connectivity index (χ0) is 29.8. The predicted molar refractivity (Wildman–Crippen MR) is 143 cm³/mol. The van der Waals surface area contributed by atoms with Crippen LogP contribution in [0.15, 0.2) is 23.3 Å². The first-order chi connectivity index (χ1) is 19.5. The van der Waals surface area contributed by atoms with E-state index in [2.05, 4.69) is 10.5 Å². The van der Waals surface area contributed by atoms with Crippen molar-refractivity contribution in [3.05, 3.63) is 51.6 Å². The van der Waals surface area contributed by atoms with Crippen molar-refractivity contribution in [3.8, 4) is 17.2 Å². The number of methoxy groups -OCH3 is 1. The summed E-state index contributed by atoms with van der Waals surface area (Å²) < 4.78 is 17.3. The lowest BCUT2D eigenvalue weighted by Gasteiger charge is -2.43. The van der Waals surface area contributed by atoms with E-state index in [9.17, 15) is 35.1 Å². The summed E-state index contributed by atoms with van der Waals surface area (Å²) >= 11 is 0. The quantitative estimate of drug-likeness (QED) is 0.118. The first kappa shape index (κ1) is 28.9. The molecule has 220 valence electrons. The number of nitrogens with two attached hydrogens (primary N) is 1. The van der Waals surface area contributed by atoms with Gasteiger partial charge in [0.2, 0.25) is 5.78 Å². The van der Waals surface area contributed by atoms with E-state index >= 15 is 0 Å². The number of phenolic OH excluding ortho intramolecular Hbond substituents is 2.